The monoisotopic (exact) mass is 292 g/mol. The average molecular weight is 292 g/mol. The van der Waals surface area contributed by atoms with E-state index in [4.69, 9.17) is 4.98 Å². The summed E-state index contributed by atoms with van der Waals surface area (Å²) in [6, 6.07) is 2.06. The Kier molecular flexibility index (Phi) is 6.43. The van der Waals surface area contributed by atoms with E-state index >= 15 is 0 Å². The molecule has 4 nitrogen and oxygen atoms in total. The fraction of sp³-hybridized carbons (Fsp3) is 0.765. The minimum absolute atomic E-state index is 0.0441. The molecular formula is C17H32N4. The lowest BCUT2D eigenvalue weighted by molar-refractivity contribution is 0.542. The van der Waals surface area contributed by atoms with Crippen molar-refractivity contribution in [2.24, 2.45) is 5.92 Å². The molecule has 0 radical (unpaired) electrons. The summed E-state index contributed by atoms with van der Waals surface area (Å²) in [7, 11) is 2.11. The Labute approximate surface area is 130 Å². The van der Waals surface area contributed by atoms with Crippen molar-refractivity contribution >= 4 is 11.6 Å². The number of hydrogen-bond acceptors (Lipinski definition) is 4. The standard InChI is InChI=1S/C17H32N4/c1-8-10-18-14-12-15(21(7)11-9-13(2)3)20-16(19-14)17(4,5)6/h12-13H,8-11H2,1-7H3,(H,18,19,20). The van der Waals surface area contributed by atoms with Gasteiger partial charge >= 0.3 is 0 Å². The second-order valence-electron chi connectivity index (χ2n) is 7.22. The van der Waals surface area contributed by atoms with Crippen LogP contribution in [-0.2, 0) is 5.41 Å². The molecule has 0 aromatic carbocycles. The third-order valence-electron chi connectivity index (χ3n) is 3.37. The number of aromatic nitrogens is 2. The zero-order chi connectivity index (χ0) is 16.0. The fourth-order valence-electron chi connectivity index (χ4n) is 1.88. The lowest BCUT2D eigenvalue weighted by Gasteiger charge is -2.24. The van der Waals surface area contributed by atoms with Crippen LogP contribution in [0.2, 0.25) is 0 Å². The third kappa shape index (κ3) is 5.90. The zero-order valence-corrected chi connectivity index (χ0v) is 14.8. The first-order valence-corrected chi connectivity index (χ1v) is 8.08. The molecule has 1 heterocycles. The van der Waals surface area contributed by atoms with Crippen LogP contribution < -0.4 is 10.2 Å². The maximum absolute atomic E-state index is 4.77. The Bertz CT molecular complexity index is 435. The van der Waals surface area contributed by atoms with Gasteiger partial charge in [0.15, 0.2) is 0 Å². The van der Waals surface area contributed by atoms with Gasteiger partial charge < -0.3 is 10.2 Å². The van der Waals surface area contributed by atoms with Gasteiger partial charge in [0.1, 0.15) is 17.5 Å². The van der Waals surface area contributed by atoms with Crippen LogP contribution in [0.3, 0.4) is 0 Å². The second-order valence-corrected chi connectivity index (χ2v) is 7.22. The Hall–Kier alpha value is -1.32. The molecule has 0 atom stereocenters. The topological polar surface area (TPSA) is 41.0 Å². The number of hydrogen-bond donors (Lipinski definition) is 1. The molecular weight excluding hydrogens is 260 g/mol. The van der Waals surface area contributed by atoms with E-state index in [0.29, 0.717) is 5.92 Å². The summed E-state index contributed by atoms with van der Waals surface area (Å²) in [4.78, 5) is 11.7. The van der Waals surface area contributed by atoms with Gasteiger partial charge in [-0.05, 0) is 18.8 Å². The molecule has 0 aliphatic rings. The molecule has 1 aromatic heterocycles. The molecule has 21 heavy (non-hydrogen) atoms. The van der Waals surface area contributed by atoms with Crippen LogP contribution in [0.25, 0.3) is 0 Å². The molecule has 4 heteroatoms. The van der Waals surface area contributed by atoms with E-state index in [0.717, 1.165) is 37.0 Å². The first-order valence-electron chi connectivity index (χ1n) is 8.08. The van der Waals surface area contributed by atoms with E-state index in [-0.39, 0.29) is 5.41 Å². The predicted octanol–water partition coefficient (Wildman–Crippen LogP) is 4.08. The van der Waals surface area contributed by atoms with Gasteiger partial charge in [-0.2, -0.15) is 0 Å². The maximum atomic E-state index is 4.77. The molecule has 1 rings (SSSR count). The molecule has 0 fully saturated rings. The molecule has 0 spiro atoms. The summed E-state index contributed by atoms with van der Waals surface area (Å²) in [5.74, 6) is 3.54. The molecule has 120 valence electrons. The first-order chi connectivity index (χ1) is 9.74. The smallest absolute Gasteiger partial charge is 0.138 e. The molecule has 0 bridgehead atoms. The van der Waals surface area contributed by atoms with Gasteiger partial charge in [0.2, 0.25) is 0 Å². The van der Waals surface area contributed by atoms with Gasteiger partial charge in [-0.1, -0.05) is 41.5 Å². The van der Waals surface area contributed by atoms with Crippen LogP contribution in [0.15, 0.2) is 6.07 Å². The second kappa shape index (κ2) is 7.62. The SMILES string of the molecule is CCCNc1cc(N(C)CCC(C)C)nc(C(C)(C)C)n1. The van der Waals surface area contributed by atoms with Gasteiger partial charge in [0.25, 0.3) is 0 Å². The van der Waals surface area contributed by atoms with Crippen LogP contribution in [-0.4, -0.2) is 30.1 Å². The van der Waals surface area contributed by atoms with Crippen molar-refractivity contribution in [2.75, 3.05) is 30.4 Å². The Balaban J connectivity index is 3.00. The summed E-state index contributed by atoms with van der Waals surface area (Å²) >= 11 is 0. The first kappa shape index (κ1) is 17.7. The van der Waals surface area contributed by atoms with E-state index in [1.165, 1.54) is 6.42 Å². The highest BCUT2D eigenvalue weighted by atomic mass is 15.2. The van der Waals surface area contributed by atoms with Crippen LogP contribution >= 0.6 is 0 Å². The highest BCUT2D eigenvalue weighted by Crippen LogP contribution is 2.24. The van der Waals surface area contributed by atoms with Gasteiger partial charge in [0.05, 0.1) is 0 Å². The Morgan fingerprint density at radius 1 is 1.24 bits per heavy atom. The molecule has 0 saturated heterocycles. The van der Waals surface area contributed by atoms with Gasteiger partial charge in [-0.3, -0.25) is 0 Å². The third-order valence-corrected chi connectivity index (χ3v) is 3.37. The van der Waals surface area contributed by atoms with Gasteiger partial charge in [-0.25, -0.2) is 9.97 Å². The van der Waals surface area contributed by atoms with Crippen molar-refractivity contribution in [1.29, 1.82) is 0 Å². The molecule has 1 N–H and O–H groups in total. The molecule has 0 unspecified atom stereocenters. The zero-order valence-electron chi connectivity index (χ0n) is 14.8. The van der Waals surface area contributed by atoms with Crippen molar-refractivity contribution < 1.29 is 0 Å². The predicted molar refractivity (Wildman–Crippen MR) is 92.2 cm³/mol. The van der Waals surface area contributed by atoms with Crippen LogP contribution in [0.4, 0.5) is 11.6 Å². The number of nitrogens with zero attached hydrogens (tertiary/aromatic N) is 3. The van der Waals surface area contributed by atoms with Crippen LogP contribution in [0.1, 0.15) is 60.2 Å². The van der Waals surface area contributed by atoms with Crippen molar-refractivity contribution in [2.45, 2.75) is 59.8 Å². The number of anilines is 2. The summed E-state index contributed by atoms with van der Waals surface area (Å²) in [5.41, 5.74) is -0.0441. The van der Waals surface area contributed by atoms with E-state index in [1.54, 1.807) is 0 Å². The molecule has 0 amide bonds. The summed E-state index contributed by atoms with van der Waals surface area (Å²) in [6.07, 6.45) is 2.26. The van der Waals surface area contributed by atoms with E-state index in [9.17, 15) is 0 Å². The summed E-state index contributed by atoms with van der Waals surface area (Å²) in [5, 5.41) is 3.39. The van der Waals surface area contributed by atoms with Crippen molar-refractivity contribution in [3.8, 4) is 0 Å². The summed E-state index contributed by atoms with van der Waals surface area (Å²) < 4.78 is 0. The molecule has 0 aliphatic carbocycles. The van der Waals surface area contributed by atoms with Gasteiger partial charge in [-0.15, -0.1) is 0 Å². The minimum atomic E-state index is -0.0441. The largest absolute Gasteiger partial charge is 0.370 e. The van der Waals surface area contributed by atoms with E-state index < -0.39 is 0 Å². The average Bonchev–Trinajstić information content (AvgIpc) is 2.41. The van der Waals surface area contributed by atoms with Gasteiger partial charge in [0, 0.05) is 31.6 Å². The fourth-order valence-corrected chi connectivity index (χ4v) is 1.88. The lowest BCUT2D eigenvalue weighted by atomic mass is 9.96. The Morgan fingerprint density at radius 3 is 2.43 bits per heavy atom. The molecule has 0 aliphatic heterocycles. The van der Waals surface area contributed by atoms with E-state index in [2.05, 4.69) is 69.9 Å². The Morgan fingerprint density at radius 2 is 1.90 bits per heavy atom. The minimum Gasteiger partial charge on any atom is -0.370 e. The summed E-state index contributed by atoms with van der Waals surface area (Å²) in [6.45, 7) is 15.1. The van der Waals surface area contributed by atoms with Crippen LogP contribution in [0, 0.1) is 5.92 Å². The normalized spacial score (nSPS) is 11.8. The highest BCUT2D eigenvalue weighted by Gasteiger charge is 2.20. The number of rotatable bonds is 7. The van der Waals surface area contributed by atoms with Crippen molar-refractivity contribution in [3.05, 3.63) is 11.9 Å². The maximum Gasteiger partial charge on any atom is 0.138 e. The highest BCUT2D eigenvalue weighted by molar-refractivity contribution is 5.49. The van der Waals surface area contributed by atoms with E-state index in [1.807, 2.05) is 0 Å². The van der Waals surface area contributed by atoms with Crippen molar-refractivity contribution in [3.63, 3.8) is 0 Å². The van der Waals surface area contributed by atoms with Crippen molar-refractivity contribution in [1.82, 2.24) is 9.97 Å². The lowest BCUT2D eigenvalue weighted by Crippen LogP contribution is -2.24. The molecule has 1 aromatic rings. The van der Waals surface area contributed by atoms with Crippen LogP contribution in [0.5, 0.6) is 0 Å². The molecule has 0 saturated carbocycles. The quantitative estimate of drug-likeness (QED) is 0.822. The number of nitrogens with one attached hydrogen (secondary N) is 1.